The number of amides is 1. The van der Waals surface area contributed by atoms with Crippen LogP contribution in [0.3, 0.4) is 0 Å². The minimum absolute atomic E-state index is 0.125. The van der Waals surface area contributed by atoms with Gasteiger partial charge in [0.1, 0.15) is 0 Å². The molecule has 1 aromatic heterocycles. The van der Waals surface area contributed by atoms with Crippen molar-refractivity contribution in [1.29, 1.82) is 0 Å². The van der Waals surface area contributed by atoms with Crippen LogP contribution < -0.4 is 10.9 Å². The van der Waals surface area contributed by atoms with Gasteiger partial charge in [0.15, 0.2) is 5.16 Å². The molecule has 0 aliphatic carbocycles. The zero-order valence-corrected chi connectivity index (χ0v) is 17.0. The van der Waals surface area contributed by atoms with Crippen molar-refractivity contribution in [3.8, 4) is 5.69 Å². The standard InChI is InChI=1S/C22H23N3O2S/c1-5-12-23-20(26)16(4)28-22-24-18-9-7-6-8-17(18)21(27)25(22)19-13-14(2)10-11-15(19)3/h5-11,13,16H,1,12H2,2-4H3,(H,23,26)/t16-/m0/s1. The molecule has 144 valence electrons. The summed E-state index contributed by atoms with van der Waals surface area (Å²) in [7, 11) is 0. The van der Waals surface area contributed by atoms with Crippen molar-refractivity contribution in [3.63, 3.8) is 0 Å². The molecule has 0 aliphatic heterocycles. The van der Waals surface area contributed by atoms with Crippen LogP contribution in [0.15, 0.2) is 65.1 Å². The summed E-state index contributed by atoms with van der Waals surface area (Å²) in [4.78, 5) is 30.4. The van der Waals surface area contributed by atoms with E-state index in [2.05, 4.69) is 11.9 Å². The number of para-hydroxylation sites is 1. The van der Waals surface area contributed by atoms with Gasteiger partial charge in [0, 0.05) is 6.54 Å². The van der Waals surface area contributed by atoms with E-state index in [1.54, 1.807) is 23.6 Å². The van der Waals surface area contributed by atoms with Gasteiger partial charge in [-0.15, -0.1) is 6.58 Å². The Morgan fingerprint density at radius 1 is 1.29 bits per heavy atom. The number of carbonyl (C=O) groups is 1. The molecule has 0 aliphatic rings. The second-order valence-corrected chi connectivity index (χ2v) is 7.94. The summed E-state index contributed by atoms with van der Waals surface area (Å²) in [5.41, 5.74) is 3.28. The fourth-order valence-corrected chi connectivity index (χ4v) is 3.84. The zero-order chi connectivity index (χ0) is 20.3. The molecular weight excluding hydrogens is 370 g/mol. The van der Waals surface area contributed by atoms with Crippen molar-refractivity contribution in [2.75, 3.05) is 6.54 Å². The number of carbonyl (C=O) groups excluding carboxylic acids is 1. The molecule has 1 N–H and O–H groups in total. The predicted octanol–water partition coefficient (Wildman–Crippen LogP) is 3.79. The van der Waals surface area contributed by atoms with Crippen molar-refractivity contribution < 1.29 is 4.79 Å². The lowest BCUT2D eigenvalue weighted by Crippen LogP contribution is -2.32. The molecule has 28 heavy (non-hydrogen) atoms. The highest BCUT2D eigenvalue weighted by molar-refractivity contribution is 8.00. The molecule has 1 heterocycles. The quantitative estimate of drug-likeness (QED) is 0.393. The maximum Gasteiger partial charge on any atom is 0.266 e. The van der Waals surface area contributed by atoms with Gasteiger partial charge in [-0.25, -0.2) is 4.98 Å². The van der Waals surface area contributed by atoms with Crippen LogP contribution in [0.1, 0.15) is 18.1 Å². The van der Waals surface area contributed by atoms with E-state index in [0.717, 1.165) is 16.8 Å². The highest BCUT2D eigenvalue weighted by atomic mass is 32.2. The number of hydrogen-bond donors (Lipinski definition) is 1. The molecule has 0 fully saturated rings. The molecule has 0 spiro atoms. The van der Waals surface area contributed by atoms with Crippen molar-refractivity contribution in [3.05, 3.63) is 76.6 Å². The molecule has 5 nitrogen and oxygen atoms in total. The van der Waals surface area contributed by atoms with Crippen molar-refractivity contribution >= 4 is 28.6 Å². The highest BCUT2D eigenvalue weighted by Gasteiger charge is 2.20. The van der Waals surface area contributed by atoms with Crippen LogP contribution in [0.5, 0.6) is 0 Å². The van der Waals surface area contributed by atoms with Crippen molar-refractivity contribution in [2.45, 2.75) is 31.2 Å². The molecule has 0 bridgehead atoms. The van der Waals surface area contributed by atoms with Gasteiger partial charge in [0.25, 0.3) is 5.56 Å². The number of aromatic nitrogens is 2. The lowest BCUT2D eigenvalue weighted by Gasteiger charge is -2.18. The van der Waals surface area contributed by atoms with Gasteiger partial charge in [0.2, 0.25) is 5.91 Å². The van der Waals surface area contributed by atoms with E-state index in [4.69, 9.17) is 4.98 Å². The summed E-state index contributed by atoms with van der Waals surface area (Å²) in [6, 6.07) is 13.2. The molecule has 2 aromatic carbocycles. The lowest BCUT2D eigenvalue weighted by atomic mass is 10.1. The second kappa shape index (κ2) is 8.44. The second-order valence-electron chi connectivity index (χ2n) is 6.64. The third-order valence-corrected chi connectivity index (χ3v) is 5.47. The van der Waals surface area contributed by atoms with Crippen LogP contribution in [0, 0.1) is 13.8 Å². The number of nitrogens with zero attached hydrogens (tertiary/aromatic N) is 2. The number of hydrogen-bond acceptors (Lipinski definition) is 4. The van der Waals surface area contributed by atoms with Crippen LogP contribution in [-0.4, -0.2) is 27.3 Å². The number of nitrogens with one attached hydrogen (secondary N) is 1. The van der Waals surface area contributed by atoms with Crippen LogP contribution in [-0.2, 0) is 4.79 Å². The summed E-state index contributed by atoms with van der Waals surface area (Å²) in [6.07, 6.45) is 1.63. The third kappa shape index (κ3) is 4.02. The predicted molar refractivity (Wildman–Crippen MR) is 115 cm³/mol. The Kier molecular flexibility index (Phi) is 5.99. The van der Waals surface area contributed by atoms with Gasteiger partial charge in [-0.3, -0.25) is 14.2 Å². The van der Waals surface area contributed by atoms with E-state index in [9.17, 15) is 9.59 Å². The van der Waals surface area contributed by atoms with Gasteiger partial charge in [-0.2, -0.15) is 0 Å². The summed E-state index contributed by atoms with van der Waals surface area (Å²) < 4.78 is 1.62. The average Bonchev–Trinajstić information content (AvgIpc) is 2.68. The molecule has 1 amide bonds. The first-order valence-electron chi connectivity index (χ1n) is 9.07. The Labute approximate surface area is 168 Å². The van der Waals surface area contributed by atoms with E-state index < -0.39 is 5.25 Å². The molecule has 0 saturated heterocycles. The van der Waals surface area contributed by atoms with Gasteiger partial charge in [-0.1, -0.05) is 42.1 Å². The number of rotatable bonds is 6. The molecule has 1 atom stereocenters. The topological polar surface area (TPSA) is 64.0 Å². The minimum atomic E-state index is -0.413. The van der Waals surface area contributed by atoms with Gasteiger partial charge in [0.05, 0.1) is 21.8 Å². The fraction of sp³-hybridized carbons (Fsp3) is 0.227. The Bertz CT molecular complexity index is 1100. The molecule has 3 aromatic rings. The first-order valence-corrected chi connectivity index (χ1v) is 9.95. The molecule has 0 radical (unpaired) electrons. The molecular formula is C22H23N3O2S. The van der Waals surface area contributed by atoms with Gasteiger partial charge in [-0.05, 0) is 50.1 Å². The zero-order valence-electron chi connectivity index (χ0n) is 16.2. The Morgan fingerprint density at radius 3 is 2.79 bits per heavy atom. The van der Waals surface area contributed by atoms with Gasteiger partial charge < -0.3 is 5.32 Å². The SMILES string of the molecule is C=CCNC(=O)[C@H](C)Sc1nc2ccccc2c(=O)n1-c1cc(C)ccc1C. The average molecular weight is 394 g/mol. The van der Waals surface area contributed by atoms with E-state index in [1.165, 1.54) is 11.8 Å². The van der Waals surface area contributed by atoms with Crippen molar-refractivity contribution in [2.24, 2.45) is 0 Å². The normalized spacial score (nSPS) is 12.0. The largest absolute Gasteiger partial charge is 0.352 e. The minimum Gasteiger partial charge on any atom is -0.352 e. The Morgan fingerprint density at radius 2 is 2.04 bits per heavy atom. The smallest absolute Gasteiger partial charge is 0.266 e. The highest BCUT2D eigenvalue weighted by Crippen LogP contribution is 2.26. The first-order chi connectivity index (χ1) is 13.4. The lowest BCUT2D eigenvalue weighted by molar-refractivity contribution is -0.120. The van der Waals surface area contributed by atoms with Crippen LogP contribution in [0.2, 0.25) is 0 Å². The van der Waals surface area contributed by atoms with E-state index >= 15 is 0 Å². The molecule has 3 rings (SSSR count). The maximum absolute atomic E-state index is 13.3. The number of benzene rings is 2. The monoisotopic (exact) mass is 393 g/mol. The van der Waals surface area contributed by atoms with Crippen LogP contribution >= 0.6 is 11.8 Å². The number of fused-ring (bicyclic) bond motifs is 1. The van der Waals surface area contributed by atoms with E-state index in [0.29, 0.717) is 22.6 Å². The molecule has 0 unspecified atom stereocenters. The first kappa shape index (κ1) is 19.9. The fourth-order valence-electron chi connectivity index (χ4n) is 2.89. The van der Waals surface area contributed by atoms with Gasteiger partial charge >= 0.3 is 0 Å². The van der Waals surface area contributed by atoms with Crippen LogP contribution in [0.25, 0.3) is 16.6 Å². The summed E-state index contributed by atoms with van der Waals surface area (Å²) >= 11 is 1.27. The molecule has 0 saturated carbocycles. The van der Waals surface area contributed by atoms with E-state index in [1.807, 2.05) is 50.2 Å². The van der Waals surface area contributed by atoms with Crippen molar-refractivity contribution in [1.82, 2.24) is 14.9 Å². The summed E-state index contributed by atoms with van der Waals surface area (Å²) in [6.45, 7) is 9.77. The summed E-state index contributed by atoms with van der Waals surface area (Å²) in [5.74, 6) is -0.125. The third-order valence-electron chi connectivity index (χ3n) is 4.42. The number of thioether (sulfide) groups is 1. The molecule has 6 heteroatoms. The summed E-state index contributed by atoms with van der Waals surface area (Å²) in [5, 5.41) is 3.43. The maximum atomic E-state index is 13.3. The Hall–Kier alpha value is -2.86. The number of aryl methyl sites for hydroxylation is 2. The Balaban J connectivity index is 2.17. The van der Waals surface area contributed by atoms with Crippen LogP contribution in [0.4, 0.5) is 0 Å². The van der Waals surface area contributed by atoms with E-state index in [-0.39, 0.29) is 11.5 Å².